The van der Waals surface area contributed by atoms with E-state index in [9.17, 15) is 0 Å². The normalized spacial score (nSPS) is 18.2. The fraction of sp³-hybridized carbons (Fsp3) is 0.316. The number of halogens is 1. The maximum Gasteiger partial charge on any atom is 0.143 e. The van der Waals surface area contributed by atoms with Crippen LogP contribution in [0.1, 0.15) is 28.5 Å². The number of hydrogen-bond donors (Lipinski definition) is 3. The molecule has 0 aliphatic carbocycles. The van der Waals surface area contributed by atoms with Gasteiger partial charge in [-0.05, 0) is 38.5 Å². The highest BCUT2D eigenvalue weighted by Crippen LogP contribution is 2.42. The summed E-state index contributed by atoms with van der Waals surface area (Å²) in [5.74, 6) is 0.714. The zero-order valence-electron chi connectivity index (χ0n) is 14.9. The number of nitrogens with zero attached hydrogens (tertiary/aromatic N) is 2. The van der Waals surface area contributed by atoms with Gasteiger partial charge in [-0.3, -0.25) is 20.7 Å². The molecule has 1 saturated heterocycles. The van der Waals surface area contributed by atoms with Crippen LogP contribution in [-0.2, 0) is 0 Å². The second-order valence-electron chi connectivity index (χ2n) is 6.84. The van der Waals surface area contributed by atoms with E-state index < -0.39 is 5.54 Å². The summed E-state index contributed by atoms with van der Waals surface area (Å²) in [6, 6.07) is 7.70. The molecular weight excluding hydrogens is 366 g/mol. The van der Waals surface area contributed by atoms with Crippen molar-refractivity contribution in [2.75, 3.05) is 18.0 Å². The van der Waals surface area contributed by atoms with Gasteiger partial charge in [-0.25, -0.2) is 0 Å². The largest absolute Gasteiger partial charge is 0.311 e. The topological polar surface area (TPSA) is 75.3 Å². The lowest BCUT2D eigenvalue weighted by atomic mass is 9.90. The van der Waals surface area contributed by atoms with Crippen molar-refractivity contribution in [1.29, 1.82) is 10.8 Å². The van der Waals surface area contributed by atoms with E-state index in [4.69, 9.17) is 27.4 Å². The Morgan fingerprint density at radius 1 is 1.27 bits per heavy atom. The van der Waals surface area contributed by atoms with Gasteiger partial charge in [0, 0.05) is 34.1 Å². The lowest BCUT2D eigenvalue weighted by molar-refractivity contribution is 0.374. The minimum absolute atomic E-state index is 0.344. The zero-order chi connectivity index (χ0) is 18.6. The number of amidine groups is 2. The summed E-state index contributed by atoms with van der Waals surface area (Å²) in [7, 11) is 0. The standard InChI is InChI=1S/C19H20ClN5S/c1-10-11(2)26-17-15(10)16(13-4-6-14(20)7-5-13)24-19(8-23-9-19)18(22)25(17)12(3)21/h4-7,21-23H,8-9H2,1-3H3. The fourth-order valence-corrected chi connectivity index (χ4v) is 4.77. The van der Waals surface area contributed by atoms with Gasteiger partial charge in [0.1, 0.15) is 22.2 Å². The molecule has 4 rings (SSSR count). The molecule has 0 saturated carbocycles. The third-order valence-corrected chi connectivity index (χ3v) is 6.53. The van der Waals surface area contributed by atoms with Crippen LogP contribution in [0.4, 0.5) is 5.00 Å². The molecule has 3 heterocycles. The number of hydrogen-bond acceptors (Lipinski definition) is 5. The third kappa shape index (κ3) is 2.44. The van der Waals surface area contributed by atoms with Crippen LogP contribution < -0.4 is 10.2 Å². The molecule has 2 aromatic rings. The van der Waals surface area contributed by atoms with E-state index in [1.165, 1.54) is 4.88 Å². The van der Waals surface area contributed by atoms with Gasteiger partial charge in [-0.2, -0.15) is 0 Å². The number of aliphatic imine (C=N–C) groups is 1. The molecule has 26 heavy (non-hydrogen) atoms. The SMILES string of the molecule is CC(=N)N1C(=N)C2(CNC2)N=C(c2ccc(Cl)cc2)c2c1sc(C)c2C. The first kappa shape index (κ1) is 17.4. The maximum atomic E-state index is 8.84. The van der Waals surface area contributed by atoms with Crippen LogP contribution in [0.2, 0.25) is 5.02 Å². The Kier molecular flexibility index (Phi) is 4.02. The molecule has 0 amide bonds. The first-order chi connectivity index (χ1) is 12.3. The van der Waals surface area contributed by atoms with E-state index >= 15 is 0 Å². The second-order valence-corrected chi connectivity index (χ2v) is 8.47. The number of aryl methyl sites for hydroxylation is 1. The Morgan fingerprint density at radius 3 is 2.46 bits per heavy atom. The Bertz CT molecular complexity index is 953. The summed E-state index contributed by atoms with van der Waals surface area (Å²) in [6.45, 7) is 7.12. The second kappa shape index (κ2) is 6.01. The summed E-state index contributed by atoms with van der Waals surface area (Å²) >= 11 is 7.71. The van der Waals surface area contributed by atoms with Gasteiger partial charge in [0.15, 0.2) is 0 Å². The van der Waals surface area contributed by atoms with Crippen molar-refractivity contribution >= 4 is 45.3 Å². The summed E-state index contributed by atoms with van der Waals surface area (Å²) in [5.41, 5.74) is 3.42. The molecule has 1 fully saturated rings. The quantitative estimate of drug-likeness (QED) is 0.512. The number of benzene rings is 1. The van der Waals surface area contributed by atoms with Crippen molar-refractivity contribution in [3.05, 3.63) is 50.9 Å². The van der Waals surface area contributed by atoms with Gasteiger partial charge in [0.25, 0.3) is 0 Å². The van der Waals surface area contributed by atoms with Crippen LogP contribution in [-0.4, -0.2) is 36.0 Å². The van der Waals surface area contributed by atoms with E-state index in [1.54, 1.807) is 23.2 Å². The van der Waals surface area contributed by atoms with Gasteiger partial charge in [-0.15, -0.1) is 11.3 Å². The lowest BCUT2D eigenvalue weighted by Gasteiger charge is -2.41. The van der Waals surface area contributed by atoms with Crippen molar-refractivity contribution in [1.82, 2.24) is 5.32 Å². The van der Waals surface area contributed by atoms with E-state index in [0.29, 0.717) is 29.8 Å². The highest BCUT2D eigenvalue weighted by molar-refractivity contribution is 7.17. The number of fused-ring (bicyclic) bond motifs is 1. The molecule has 3 N–H and O–H groups in total. The molecule has 134 valence electrons. The molecule has 0 atom stereocenters. The van der Waals surface area contributed by atoms with Gasteiger partial charge in [0.05, 0.1) is 5.71 Å². The molecule has 2 aliphatic heterocycles. The Hall–Kier alpha value is -2.02. The van der Waals surface area contributed by atoms with Crippen molar-refractivity contribution in [3.63, 3.8) is 0 Å². The van der Waals surface area contributed by atoms with Crippen LogP contribution in [0.3, 0.4) is 0 Å². The molecule has 0 radical (unpaired) electrons. The lowest BCUT2D eigenvalue weighted by Crippen LogP contribution is -2.66. The maximum absolute atomic E-state index is 8.84. The van der Waals surface area contributed by atoms with Crippen molar-refractivity contribution in [3.8, 4) is 0 Å². The molecule has 0 unspecified atom stereocenters. The average molecular weight is 386 g/mol. The third-order valence-electron chi connectivity index (χ3n) is 5.08. The summed E-state index contributed by atoms with van der Waals surface area (Å²) < 4.78 is 0. The highest BCUT2D eigenvalue weighted by atomic mass is 35.5. The minimum atomic E-state index is -0.629. The van der Waals surface area contributed by atoms with Crippen LogP contribution >= 0.6 is 22.9 Å². The van der Waals surface area contributed by atoms with E-state index in [-0.39, 0.29) is 0 Å². The first-order valence-corrected chi connectivity index (χ1v) is 9.65. The Morgan fingerprint density at radius 2 is 1.92 bits per heavy atom. The van der Waals surface area contributed by atoms with Crippen LogP contribution in [0.5, 0.6) is 0 Å². The number of rotatable bonds is 1. The highest BCUT2D eigenvalue weighted by Gasteiger charge is 2.48. The molecule has 2 aliphatic rings. The summed E-state index contributed by atoms with van der Waals surface area (Å²) in [6.07, 6.45) is 0. The van der Waals surface area contributed by atoms with Gasteiger partial charge in [-0.1, -0.05) is 23.7 Å². The van der Waals surface area contributed by atoms with Crippen LogP contribution in [0.25, 0.3) is 0 Å². The number of anilines is 1. The molecular formula is C19H20ClN5S. The van der Waals surface area contributed by atoms with Gasteiger partial charge < -0.3 is 5.32 Å². The molecule has 1 spiro atoms. The molecule has 1 aromatic carbocycles. The van der Waals surface area contributed by atoms with Crippen molar-refractivity contribution < 1.29 is 0 Å². The van der Waals surface area contributed by atoms with Gasteiger partial charge in [0.2, 0.25) is 0 Å². The van der Waals surface area contributed by atoms with E-state index in [2.05, 4.69) is 19.2 Å². The predicted molar refractivity (Wildman–Crippen MR) is 110 cm³/mol. The fourth-order valence-electron chi connectivity index (χ4n) is 3.42. The average Bonchev–Trinajstić information content (AvgIpc) is 2.77. The minimum Gasteiger partial charge on any atom is -0.311 e. The van der Waals surface area contributed by atoms with Crippen molar-refractivity contribution in [2.24, 2.45) is 4.99 Å². The predicted octanol–water partition coefficient (Wildman–Crippen LogP) is 3.99. The monoisotopic (exact) mass is 385 g/mol. The summed E-state index contributed by atoms with van der Waals surface area (Å²) in [4.78, 5) is 8.03. The molecule has 5 nitrogen and oxygen atoms in total. The Balaban J connectivity index is 2.03. The zero-order valence-corrected chi connectivity index (χ0v) is 16.5. The summed E-state index contributed by atoms with van der Waals surface area (Å²) in [5, 5.41) is 22.0. The molecule has 7 heteroatoms. The smallest absolute Gasteiger partial charge is 0.143 e. The molecule has 1 aromatic heterocycles. The van der Waals surface area contributed by atoms with E-state index in [0.717, 1.165) is 27.4 Å². The first-order valence-electron chi connectivity index (χ1n) is 8.45. The van der Waals surface area contributed by atoms with Crippen LogP contribution in [0, 0.1) is 24.7 Å². The number of nitrogens with one attached hydrogen (secondary N) is 3. The Labute approximate surface area is 161 Å². The van der Waals surface area contributed by atoms with E-state index in [1.807, 2.05) is 24.3 Å². The van der Waals surface area contributed by atoms with Gasteiger partial charge >= 0.3 is 0 Å². The molecule has 0 bridgehead atoms. The number of thiophene rings is 1. The van der Waals surface area contributed by atoms with Crippen LogP contribution in [0.15, 0.2) is 29.3 Å². The van der Waals surface area contributed by atoms with Crippen molar-refractivity contribution in [2.45, 2.75) is 26.3 Å².